The van der Waals surface area contributed by atoms with Gasteiger partial charge >= 0.3 is 0 Å². The second kappa shape index (κ2) is 5.48. The van der Waals surface area contributed by atoms with Crippen LogP contribution in [0, 0.1) is 11.6 Å². The zero-order valence-electron chi connectivity index (χ0n) is 11.1. The number of ether oxygens (including phenoxy) is 1. The first-order valence-electron chi connectivity index (χ1n) is 6.57. The van der Waals surface area contributed by atoms with Gasteiger partial charge in [-0.1, -0.05) is 12.1 Å². The molecule has 0 saturated heterocycles. The van der Waals surface area contributed by atoms with Crippen LogP contribution in [0.25, 0.3) is 6.08 Å². The predicted octanol–water partition coefficient (Wildman–Crippen LogP) is 4.01. The van der Waals surface area contributed by atoms with E-state index in [0.717, 1.165) is 0 Å². The van der Waals surface area contributed by atoms with Crippen LogP contribution in [-0.2, 0) is 0 Å². The molecule has 0 unspecified atom stereocenters. The molecule has 2 aromatic carbocycles. The second-order valence-electron chi connectivity index (χ2n) is 4.79. The molecule has 0 atom stereocenters. The van der Waals surface area contributed by atoms with Crippen LogP contribution in [-0.4, -0.2) is 12.4 Å². The number of carbonyl (C=O) groups is 1. The van der Waals surface area contributed by atoms with Gasteiger partial charge in [0, 0.05) is 12.0 Å². The Hall–Kier alpha value is -2.49. The van der Waals surface area contributed by atoms with Crippen LogP contribution >= 0.6 is 0 Å². The zero-order chi connectivity index (χ0) is 14.8. The third kappa shape index (κ3) is 2.84. The van der Waals surface area contributed by atoms with Crippen LogP contribution in [0.1, 0.15) is 22.3 Å². The molecule has 1 aliphatic rings. The van der Waals surface area contributed by atoms with Crippen molar-refractivity contribution in [1.82, 2.24) is 0 Å². The van der Waals surface area contributed by atoms with Gasteiger partial charge in [0.2, 0.25) is 0 Å². The molecule has 0 saturated carbocycles. The highest BCUT2D eigenvalue weighted by molar-refractivity contribution is 6.13. The Balaban J connectivity index is 2.02. The van der Waals surface area contributed by atoms with E-state index in [2.05, 4.69) is 0 Å². The van der Waals surface area contributed by atoms with Crippen LogP contribution < -0.4 is 4.74 Å². The maximum absolute atomic E-state index is 13.3. The highest BCUT2D eigenvalue weighted by Gasteiger charge is 2.21. The van der Waals surface area contributed by atoms with Crippen LogP contribution in [0.3, 0.4) is 0 Å². The lowest BCUT2D eigenvalue weighted by Crippen LogP contribution is -2.02. The third-order valence-electron chi connectivity index (χ3n) is 3.30. The molecular weight excluding hydrogens is 274 g/mol. The summed E-state index contributed by atoms with van der Waals surface area (Å²) in [7, 11) is 0. The molecule has 0 aromatic heterocycles. The Morgan fingerprint density at radius 2 is 1.86 bits per heavy atom. The SMILES string of the molecule is O=C1/C(=C/c2cccc(F)c2)CCOc2ccc(F)cc21. The lowest BCUT2D eigenvalue weighted by Gasteiger charge is -2.05. The van der Waals surface area contributed by atoms with E-state index in [0.29, 0.717) is 29.9 Å². The first-order chi connectivity index (χ1) is 10.1. The highest BCUT2D eigenvalue weighted by atomic mass is 19.1. The number of halogens is 2. The molecule has 106 valence electrons. The van der Waals surface area contributed by atoms with E-state index in [1.54, 1.807) is 18.2 Å². The molecule has 4 heteroatoms. The number of hydrogen-bond donors (Lipinski definition) is 0. The Bertz CT molecular complexity index is 735. The van der Waals surface area contributed by atoms with E-state index in [1.165, 1.54) is 30.3 Å². The first-order valence-corrected chi connectivity index (χ1v) is 6.57. The second-order valence-corrected chi connectivity index (χ2v) is 4.79. The third-order valence-corrected chi connectivity index (χ3v) is 3.30. The fraction of sp³-hybridized carbons (Fsp3) is 0.118. The fourth-order valence-corrected chi connectivity index (χ4v) is 2.30. The minimum absolute atomic E-state index is 0.204. The van der Waals surface area contributed by atoms with Crippen molar-refractivity contribution in [3.63, 3.8) is 0 Å². The van der Waals surface area contributed by atoms with Gasteiger partial charge in [-0.3, -0.25) is 4.79 Å². The van der Waals surface area contributed by atoms with Crippen LogP contribution in [0.4, 0.5) is 8.78 Å². The minimum Gasteiger partial charge on any atom is -0.492 e. The number of rotatable bonds is 1. The summed E-state index contributed by atoms with van der Waals surface area (Å²) in [4.78, 5) is 12.5. The summed E-state index contributed by atoms with van der Waals surface area (Å²) in [6.07, 6.45) is 2.01. The zero-order valence-corrected chi connectivity index (χ0v) is 11.1. The van der Waals surface area contributed by atoms with Gasteiger partial charge in [0.15, 0.2) is 5.78 Å². The van der Waals surface area contributed by atoms with E-state index < -0.39 is 5.82 Å². The maximum Gasteiger partial charge on any atom is 0.192 e. The van der Waals surface area contributed by atoms with E-state index >= 15 is 0 Å². The number of hydrogen-bond acceptors (Lipinski definition) is 2. The molecule has 21 heavy (non-hydrogen) atoms. The Morgan fingerprint density at radius 1 is 1.05 bits per heavy atom. The van der Waals surface area contributed by atoms with Gasteiger partial charge < -0.3 is 4.74 Å². The Morgan fingerprint density at radius 3 is 2.67 bits per heavy atom. The van der Waals surface area contributed by atoms with Gasteiger partial charge in [-0.25, -0.2) is 8.78 Å². The average molecular weight is 286 g/mol. The van der Waals surface area contributed by atoms with E-state index in [9.17, 15) is 13.6 Å². The molecule has 3 rings (SSSR count). The van der Waals surface area contributed by atoms with Crippen molar-refractivity contribution in [1.29, 1.82) is 0 Å². The van der Waals surface area contributed by atoms with Gasteiger partial charge in [-0.05, 0) is 42.0 Å². The fourth-order valence-electron chi connectivity index (χ4n) is 2.30. The molecular formula is C17H12F2O2. The van der Waals surface area contributed by atoms with Gasteiger partial charge in [0.05, 0.1) is 12.2 Å². The van der Waals surface area contributed by atoms with Crippen LogP contribution in [0.15, 0.2) is 48.0 Å². The van der Waals surface area contributed by atoms with E-state index in [1.807, 2.05) is 0 Å². The Labute approximate surface area is 120 Å². The molecule has 0 radical (unpaired) electrons. The van der Waals surface area contributed by atoms with Crippen molar-refractivity contribution in [3.05, 3.63) is 70.8 Å². The number of fused-ring (bicyclic) bond motifs is 1. The van der Waals surface area contributed by atoms with Gasteiger partial charge in [0.25, 0.3) is 0 Å². The van der Waals surface area contributed by atoms with Crippen molar-refractivity contribution < 1.29 is 18.3 Å². The molecule has 0 N–H and O–H groups in total. The van der Waals surface area contributed by atoms with Crippen molar-refractivity contribution >= 4 is 11.9 Å². The summed E-state index contributed by atoms with van der Waals surface area (Å²) in [6.45, 7) is 0.325. The average Bonchev–Trinajstić information content (AvgIpc) is 2.60. The molecule has 0 aliphatic carbocycles. The van der Waals surface area contributed by atoms with Gasteiger partial charge in [-0.2, -0.15) is 0 Å². The van der Waals surface area contributed by atoms with Crippen LogP contribution in [0.2, 0.25) is 0 Å². The lowest BCUT2D eigenvalue weighted by atomic mass is 9.99. The van der Waals surface area contributed by atoms with Gasteiger partial charge in [-0.15, -0.1) is 0 Å². The van der Waals surface area contributed by atoms with E-state index in [4.69, 9.17) is 4.74 Å². The maximum atomic E-state index is 13.3. The largest absolute Gasteiger partial charge is 0.492 e. The highest BCUT2D eigenvalue weighted by Crippen LogP contribution is 2.28. The van der Waals surface area contributed by atoms with Crippen molar-refractivity contribution in [2.24, 2.45) is 0 Å². The summed E-state index contributed by atoms with van der Waals surface area (Å²) in [5.74, 6) is -0.763. The summed E-state index contributed by atoms with van der Waals surface area (Å²) in [6, 6.07) is 9.85. The molecule has 2 aromatic rings. The summed E-state index contributed by atoms with van der Waals surface area (Å²) >= 11 is 0. The molecule has 1 aliphatic heterocycles. The van der Waals surface area contributed by atoms with Crippen molar-refractivity contribution in [2.45, 2.75) is 6.42 Å². The monoisotopic (exact) mass is 286 g/mol. The molecule has 0 spiro atoms. The summed E-state index contributed by atoms with van der Waals surface area (Å²) in [5.41, 5.74) is 1.28. The summed E-state index contributed by atoms with van der Waals surface area (Å²) < 4.78 is 32.0. The molecule has 1 heterocycles. The van der Waals surface area contributed by atoms with Crippen LogP contribution in [0.5, 0.6) is 5.75 Å². The van der Waals surface area contributed by atoms with Crippen molar-refractivity contribution in [2.75, 3.05) is 6.61 Å². The standard InChI is InChI=1S/C17H12F2O2/c18-13-3-1-2-11(9-13)8-12-6-7-21-16-5-4-14(19)10-15(16)17(12)20/h1-5,8-10H,6-7H2/b12-8+. The minimum atomic E-state index is -0.488. The normalized spacial score (nSPS) is 16.3. The molecule has 2 nitrogen and oxygen atoms in total. The number of benzene rings is 2. The number of carbonyl (C=O) groups excluding carboxylic acids is 1. The number of Topliss-reactive ketones (excluding diaryl/α,β-unsaturated/α-hetero) is 1. The molecule has 0 fully saturated rings. The van der Waals surface area contributed by atoms with Gasteiger partial charge in [0.1, 0.15) is 17.4 Å². The quantitative estimate of drug-likeness (QED) is 0.740. The predicted molar refractivity (Wildman–Crippen MR) is 75.2 cm³/mol. The van der Waals surface area contributed by atoms with Crippen molar-refractivity contribution in [3.8, 4) is 5.75 Å². The van der Waals surface area contributed by atoms with E-state index in [-0.39, 0.29) is 17.2 Å². The molecule has 0 bridgehead atoms. The number of ketones is 1. The summed E-state index contributed by atoms with van der Waals surface area (Å²) in [5, 5.41) is 0. The lowest BCUT2D eigenvalue weighted by molar-refractivity contribution is 0.103. The smallest absolute Gasteiger partial charge is 0.192 e. The Kier molecular flexibility index (Phi) is 3.52. The molecule has 0 amide bonds. The topological polar surface area (TPSA) is 26.3 Å². The first kappa shape index (κ1) is 13.5.